The molecule has 8 nitrogen and oxygen atoms in total. The van der Waals surface area contributed by atoms with Gasteiger partial charge in [0.1, 0.15) is 0 Å². The number of aliphatic hydroxyl groups is 1. The molecule has 1 saturated heterocycles. The molecule has 1 aromatic carbocycles. The van der Waals surface area contributed by atoms with E-state index in [2.05, 4.69) is 15.4 Å². The Hall–Kier alpha value is -1.68. The lowest BCUT2D eigenvalue weighted by Crippen LogP contribution is -2.51. The number of amides is 2. The lowest BCUT2D eigenvalue weighted by Gasteiger charge is -2.36. The first kappa shape index (κ1) is 21.6. The molecule has 1 aliphatic heterocycles. The van der Waals surface area contributed by atoms with Gasteiger partial charge in [0.2, 0.25) is 10.0 Å². The van der Waals surface area contributed by atoms with E-state index in [4.69, 9.17) is 4.74 Å². The number of carbonyl (C=O) groups excluding carboxylic acids is 1. The standard InChI is InChI=1S/C18H29N3O5S/c1-13(2)20-18(23)19-11-10-14-8-9-16(17(12-22)26-14)21-27(24,25)15-6-4-3-5-7-15/h3-7,13-14,16-17,21-22H,8-12H2,1-2H3,(H2,19,20,23)/t14-,16+,17-/m0/s1. The van der Waals surface area contributed by atoms with Crippen LogP contribution >= 0.6 is 0 Å². The molecule has 152 valence electrons. The van der Waals surface area contributed by atoms with Gasteiger partial charge in [0.05, 0.1) is 29.8 Å². The minimum Gasteiger partial charge on any atom is -0.394 e. The first-order valence-corrected chi connectivity index (χ1v) is 10.7. The van der Waals surface area contributed by atoms with Crippen LogP contribution in [-0.4, -0.2) is 57.0 Å². The number of benzene rings is 1. The topological polar surface area (TPSA) is 117 Å². The van der Waals surface area contributed by atoms with E-state index >= 15 is 0 Å². The van der Waals surface area contributed by atoms with E-state index in [1.165, 1.54) is 12.1 Å². The van der Waals surface area contributed by atoms with Crippen LogP contribution in [0.3, 0.4) is 0 Å². The number of hydrogen-bond donors (Lipinski definition) is 4. The molecule has 0 aliphatic carbocycles. The third-order valence-corrected chi connectivity index (χ3v) is 5.83. The van der Waals surface area contributed by atoms with Gasteiger partial charge in [0.15, 0.2) is 0 Å². The van der Waals surface area contributed by atoms with Crippen LogP contribution in [0.25, 0.3) is 0 Å². The van der Waals surface area contributed by atoms with E-state index in [1.807, 2.05) is 13.8 Å². The summed E-state index contributed by atoms with van der Waals surface area (Å²) in [5.74, 6) is 0. The zero-order valence-corrected chi connectivity index (χ0v) is 16.5. The highest BCUT2D eigenvalue weighted by Crippen LogP contribution is 2.23. The largest absolute Gasteiger partial charge is 0.394 e. The third-order valence-electron chi connectivity index (χ3n) is 4.33. The monoisotopic (exact) mass is 399 g/mol. The SMILES string of the molecule is CC(C)NC(=O)NCC[C@@H]1CC[C@@H](NS(=O)(=O)c2ccccc2)[C@H](CO)O1. The van der Waals surface area contributed by atoms with Crippen molar-refractivity contribution in [2.75, 3.05) is 13.2 Å². The van der Waals surface area contributed by atoms with Gasteiger partial charge in [-0.2, -0.15) is 0 Å². The Morgan fingerprint density at radius 1 is 1.26 bits per heavy atom. The van der Waals surface area contributed by atoms with E-state index in [0.717, 1.165) is 0 Å². The van der Waals surface area contributed by atoms with Gasteiger partial charge in [0, 0.05) is 12.6 Å². The third kappa shape index (κ3) is 6.76. The first-order valence-electron chi connectivity index (χ1n) is 9.20. The summed E-state index contributed by atoms with van der Waals surface area (Å²) in [5.41, 5.74) is 0. The summed E-state index contributed by atoms with van der Waals surface area (Å²) >= 11 is 0. The Morgan fingerprint density at radius 3 is 2.59 bits per heavy atom. The smallest absolute Gasteiger partial charge is 0.314 e. The summed E-state index contributed by atoms with van der Waals surface area (Å²) < 4.78 is 33.4. The molecule has 0 unspecified atom stereocenters. The predicted octanol–water partition coefficient (Wildman–Crippen LogP) is 0.971. The molecule has 0 radical (unpaired) electrons. The number of aliphatic hydroxyl groups excluding tert-OH is 1. The number of carbonyl (C=O) groups is 1. The molecule has 1 aromatic rings. The van der Waals surface area contributed by atoms with Crippen molar-refractivity contribution in [3.05, 3.63) is 30.3 Å². The van der Waals surface area contributed by atoms with Crippen LogP contribution in [0.15, 0.2) is 35.2 Å². The zero-order valence-electron chi connectivity index (χ0n) is 15.7. The van der Waals surface area contributed by atoms with E-state index in [0.29, 0.717) is 25.8 Å². The fourth-order valence-corrected chi connectivity index (χ4v) is 4.33. The van der Waals surface area contributed by atoms with Crippen LogP contribution in [0.2, 0.25) is 0 Å². The second-order valence-electron chi connectivity index (χ2n) is 6.94. The lowest BCUT2D eigenvalue weighted by atomic mass is 9.98. The molecule has 0 spiro atoms. The van der Waals surface area contributed by atoms with Gasteiger partial charge in [-0.25, -0.2) is 17.9 Å². The van der Waals surface area contributed by atoms with Crippen molar-refractivity contribution in [3.63, 3.8) is 0 Å². The summed E-state index contributed by atoms with van der Waals surface area (Å²) in [6.07, 6.45) is 1.04. The minimum absolute atomic E-state index is 0.0631. The normalized spacial score (nSPS) is 23.2. The number of hydrogen-bond acceptors (Lipinski definition) is 5. The maximum absolute atomic E-state index is 12.5. The minimum atomic E-state index is -3.67. The van der Waals surface area contributed by atoms with Crippen LogP contribution in [0.1, 0.15) is 33.1 Å². The van der Waals surface area contributed by atoms with Gasteiger partial charge in [-0.3, -0.25) is 0 Å². The second kappa shape index (κ2) is 10.0. The van der Waals surface area contributed by atoms with Crippen molar-refractivity contribution >= 4 is 16.1 Å². The number of nitrogens with one attached hydrogen (secondary N) is 3. The molecule has 27 heavy (non-hydrogen) atoms. The van der Waals surface area contributed by atoms with Gasteiger partial charge in [-0.15, -0.1) is 0 Å². The number of sulfonamides is 1. The van der Waals surface area contributed by atoms with Crippen molar-refractivity contribution in [2.24, 2.45) is 0 Å². The van der Waals surface area contributed by atoms with E-state index < -0.39 is 22.2 Å². The van der Waals surface area contributed by atoms with Crippen LogP contribution < -0.4 is 15.4 Å². The molecular weight excluding hydrogens is 370 g/mol. The van der Waals surface area contributed by atoms with Gasteiger partial charge in [-0.1, -0.05) is 18.2 Å². The fraction of sp³-hybridized carbons (Fsp3) is 0.611. The van der Waals surface area contributed by atoms with E-state index in [1.54, 1.807) is 18.2 Å². The van der Waals surface area contributed by atoms with Crippen molar-refractivity contribution < 1.29 is 23.1 Å². The second-order valence-corrected chi connectivity index (χ2v) is 8.65. The molecule has 0 saturated carbocycles. The molecule has 4 N–H and O–H groups in total. The summed E-state index contributed by atoms with van der Waals surface area (Å²) in [6, 6.07) is 7.46. The Labute approximate surface area is 160 Å². The Bertz CT molecular complexity index is 696. The molecule has 1 aliphatic rings. The van der Waals surface area contributed by atoms with Gasteiger partial charge < -0.3 is 20.5 Å². The maximum Gasteiger partial charge on any atom is 0.314 e. The summed E-state index contributed by atoms with van der Waals surface area (Å²) in [6.45, 7) is 3.93. The quantitative estimate of drug-likeness (QED) is 0.520. The molecule has 0 bridgehead atoms. The molecule has 9 heteroatoms. The van der Waals surface area contributed by atoms with Crippen LogP contribution in [0.4, 0.5) is 4.79 Å². The molecule has 2 rings (SSSR count). The van der Waals surface area contributed by atoms with Crippen molar-refractivity contribution in [2.45, 2.75) is 62.3 Å². The molecule has 2 amide bonds. The number of urea groups is 1. The number of ether oxygens (including phenoxy) is 1. The summed E-state index contributed by atoms with van der Waals surface area (Å²) in [7, 11) is -3.67. The van der Waals surface area contributed by atoms with Gasteiger partial charge in [0.25, 0.3) is 0 Å². The molecule has 1 heterocycles. The molecule has 0 aromatic heterocycles. The average Bonchev–Trinajstić information content (AvgIpc) is 2.62. The van der Waals surface area contributed by atoms with E-state index in [-0.39, 0.29) is 29.7 Å². The Morgan fingerprint density at radius 2 is 1.96 bits per heavy atom. The van der Waals surface area contributed by atoms with Crippen LogP contribution in [0, 0.1) is 0 Å². The summed E-state index contributed by atoms with van der Waals surface area (Å²) in [4.78, 5) is 11.8. The molecular formula is C18H29N3O5S. The predicted molar refractivity (Wildman–Crippen MR) is 102 cm³/mol. The van der Waals surface area contributed by atoms with E-state index in [9.17, 15) is 18.3 Å². The Balaban J connectivity index is 1.85. The first-order chi connectivity index (χ1) is 12.8. The van der Waals surface area contributed by atoms with Crippen molar-refractivity contribution in [1.82, 2.24) is 15.4 Å². The van der Waals surface area contributed by atoms with Crippen molar-refractivity contribution in [3.8, 4) is 0 Å². The van der Waals surface area contributed by atoms with Gasteiger partial charge >= 0.3 is 6.03 Å². The molecule has 3 atom stereocenters. The highest BCUT2D eigenvalue weighted by Gasteiger charge is 2.33. The van der Waals surface area contributed by atoms with Crippen molar-refractivity contribution in [1.29, 1.82) is 0 Å². The maximum atomic E-state index is 12.5. The Kier molecular flexibility index (Phi) is 8.03. The number of rotatable bonds is 8. The fourth-order valence-electron chi connectivity index (χ4n) is 3.01. The summed E-state index contributed by atoms with van der Waals surface area (Å²) in [5, 5.41) is 15.1. The lowest BCUT2D eigenvalue weighted by molar-refractivity contribution is -0.0871. The van der Waals surface area contributed by atoms with Crippen LogP contribution in [0.5, 0.6) is 0 Å². The molecule has 1 fully saturated rings. The highest BCUT2D eigenvalue weighted by atomic mass is 32.2. The van der Waals surface area contributed by atoms with Crippen LogP contribution in [-0.2, 0) is 14.8 Å². The highest BCUT2D eigenvalue weighted by molar-refractivity contribution is 7.89. The average molecular weight is 400 g/mol. The zero-order chi connectivity index (χ0) is 19.9. The van der Waals surface area contributed by atoms with Gasteiger partial charge in [-0.05, 0) is 45.2 Å².